The van der Waals surface area contributed by atoms with Crippen molar-refractivity contribution in [2.75, 3.05) is 19.6 Å². The number of rotatable bonds is 5. The van der Waals surface area contributed by atoms with Gasteiger partial charge in [-0.2, -0.15) is 0 Å². The molecule has 0 radical (unpaired) electrons. The molecule has 4 heteroatoms. The van der Waals surface area contributed by atoms with Crippen molar-refractivity contribution in [1.82, 2.24) is 4.90 Å². The molecule has 0 bridgehead atoms. The molecule has 2 N–H and O–H groups in total. The Kier molecular flexibility index (Phi) is 7.49. The SMILES string of the molecule is CCC(c1ccc(F)cc1)N1CCCC(CCN)C1.Cl. The van der Waals surface area contributed by atoms with E-state index in [1.807, 2.05) is 12.1 Å². The Morgan fingerprint density at radius 2 is 2.05 bits per heavy atom. The summed E-state index contributed by atoms with van der Waals surface area (Å²) in [7, 11) is 0. The van der Waals surface area contributed by atoms with Crippen LogP contribution in [0.3, 0.4) is 0 Å². The quantitative estimate of drug-likeness (QED) is 0.897. The summed E-state index contributed by atoms with van der Waals surface area (Å²) in [5, 5.41) is 0. The van der Waals surface area contributed by atoms with Gasteiger partial charge in [0.1, 0.15) is 5.82 Å². The molecule has 114 valence electrons. The molecule has 2 rings (SSSR count). The monoisotopic (exact) mass is 300 g/mol. The largest absolute Gasteiger partial charge is 0.330 e. The summed E-state index contributed by atoms with van der Waals surface area (Å²) in [5.41, 5.74) is 6.91. The van der Waals surface area contributed by atoms with Gasteiger partial charge in [-0.3, -0.25) is 4.90 Å². The molecule has 2 unspecified atom stereocenters. The van der Waals surface area contributed by atoms with Crippen LogP contribution >= 0.6 is 12.4 Å². The van der Waals surface area contributed by atoms with Crippen LogP contribution in [0.25, 0.3) is 0 Å². The summed E-state index contributed by atoms with van der Waals surface area (Å²) < 4.78 is 13.0. The molecule has 2 nitrogen and oxygen atoms in total. The van der Waals surface area contributed by atoms with Gasteiger partial charge in [0.25, 0.3) is 0 Å². The zero-order chi connectivity index (χ0) is 13.7. The third-order valence-corrected chi connectivity index (χ3v) is 4.21. The van der Waals surface area contributed by atoms with E-state index in [9.17, 15) is 4.39 Å². The molecular formula is C16H26ClFN2. The van der Waals surface area contributed by atoms with Gasteiger partial charge < -0.3 is 5.73 Å². The highest BCUT2D eigenvalue weighted by Crippen LogP contribution is 2.30. The van der Waals surface area contributed by atoms with Crippen molar-refractivity contribution < 1.29 is 4.39 Å². The van der Waals surface area contributed by atoms with Gasteiger partial charge in [0.2, 0.25) is 0 Å². The van der Waals surface area contributed by atoms with E-state index in [0.717, 1.165) is 38.4 Å². The molecule has 0 aliphatic carbocycles. The fourth-order valence-corrected chi connectivity index (χ4v) is 3.24. The summed E-state index contributed by atoms with van der Waals surface area (Å²) in [4.78, 5) is 2.55. The average molecular weight is 301 g/mol. The van der Waals surface area contributed by atoms with E-state index >= 15 is 0 Å². The standard InChI is InChI=1S/C16H25FN2.ClH/c1-2-16(14-5-7-15(17)8-6-14)19-11-3-4-13(12-19)9-10-18;/h5-8,13,16H,2-4,9-12,18H2,1H3;1H. The van der Waals surface area contributed by atoms with Crippen LogP contribution in [0, 0.1) is 11.7 Å². The van der Waals surface area contributed by atoms with Crippen LogP contribution in [0.2, 0.25) is 0 Å². The Morgan fingerprint density at radius 3 is 2.65 bits per heavy atom. The topological polar surface area (TPSA) is 29.3 Å². The second-order valence-corrected chi connectivity index (χ2v) is 5.56. The first kappa shape index (κ1) is 17.4. The number of hydrogen-bond donors (Lipinski definition) is 1. The lowest BCUT2D eigenvalue weighted by Crippen LogP contribution is -2.38. The first-order chi connectivity index (χ1) is 9.24. The van der Waals surface area contributed by atoms with E-state index in [4.69, 9.17) is 5.73 Å². The Balaban J connectivity index is 0.00000200. The second kappa shape index (κ2) is 8.60. The molecule has 20 heavy (non-hydrogen) atoms. The van der Waals surface area contributed by atoms with Gasteiger partial charge in [-0.1, -0.05) is 19.1 Å². The predicted octanol–water partition coefficient (Wildman–Crippen LogP) is 3.76. The molecule has 1 aliphatic heterocycles. The molecule has 2 atom stereocenters. The molecule has 0 amide bonds. The Morgan fingerprint density at radius 1 is 1.35 bits per heavy atom. The Bertz CT molecular complexity index is 381. The molecule has 1 aromatic carbocycles. The number of benzene rings is 1. The van der Waals surface area contributed by atoms with Gasteiger partial charge in [0.15, 0.2) is 0 Å². The lowest BCUT2D eigenvalue weighted by molar-refractivity contribution is 0.117. The minimum atomic E-state index is -0.154. The van der Waals surface area contributed by atoms with Crippen LogP contribution in [0.1, 0.15) is 44.2 Å². The van der Waals surface area contributed by atoms with Gasteiger partial charge in [0, 0.05) is 12.6 Å². The first-order valence-electron chi connectivity index (χ1n) is 7.44. The van der Waals surface area contributed by atoms with E-state index in [1.54, 1.807) is 12.1 Å². The highest BCUT2D eigenvalue weighted by atomic mass is 35.5. The number of halogens is 2. The maximum atomic E-state index is 13.0. The Labute approximate surface area is 127 Å². The third kappa shape index (κ3) is 4.44. The molecule has 1 heterocycles. The third-order valence-electron chi connectivity index (χ3n) is 4.21. The van der Waals surface area contributed by atoms with Crippen molar-refractivity contribution in [3.63, 3.8) is 0 Å². The van der Waals surface area contributed by atoms with Crippen molar-refractivity contribution in [2.45, 2.75) is 38.6 Å². The summed E-state index contributed by atoms with van der Waals surface area (Å²) >= 11 is 0. The van der Waals surface area contributed by atoms with E-state index in [-0.39, 0.29) is 18.2 Å². The van der Waals surface area contributed by atoms with Gasteiger partial charge in [-0.25, -0.2) is 4.39 Å². The van der Waals surface area contributed by atoms with Crippen LogP contribution in [0.4, 0.5) is 4.39 Å². The zero-order valence-electron chi connectivity index (χ0n) is 12.2. The van der Waals surface area contributed by atoms with Crippen LogP contribution < -0.4 is 5.73 Å². The number of hydrogen-bond acceptors (Lipinski definition) is 2. The van der Waals surface area contributed by atoms with Gasteiger partial charge in [0.05, 0.1) is 0 Å². The molecule has 0 spiro atoms. The second-order valence-electron chi connectivity index (χ2n) is 5.56. The van der Waals surface area contributed by atoms with Gasteiger partial charge in [-0.05, 0) is 62.4 Å². The minimum Gasteiger partial charge on any atom is -0.330 e. The fraction of sp³-hybridized carbons (Fsp3) is 0.625. The summed E-state index contributed by atoms with van der Waals surface area (Å²) in [6.45, 7) is 5.27. The zero-order valence-corrected chi connectivity index (χ0v) is 13.0. The van der Waals surface area contributed by atoms with E-state index < -0.39 is 0 Å². The summed E-state index contributed by atoms with van der Waals surface area (Å²) in [5.74, 6) is 0.575. The van der Waals surface area contributed by atoms with Crippen molar-refractivity contribution >= 4 is 12.4 Å². The van der Waals surface area contributed by atoms with Crippen LogP contribution in [0.15, 0.2) is 24.3 Å². The number of likely N-dealkylation sites (tertiary alicyclic amines) is 1. The maximum Gasteiger partial charge on any atom is 0.123 e. The van der Waals surface area contributed by atoms with E-state index in [0.29, 0.717) is 6.04 Å². The lowest BCUT2D eigenvalue weighted by atomic mass is 9.92. The normalized spacial score (nSPS) is 21.2. The molecule has 0 saturated carbocycles. The highest BCUT2D eigenvalue weighted by molar-refractivity contribution is 5.85. The molecule has 0 aromatic heterocycles. The average Bonchev–Trinajstić information content (AvgIpc) is 2.43. The smallest absolute Gasteiger partial charge is 0.123 e. The molecule has 1 aromatic rings. The van der Waals surface area contributed by atoms with Crippen LogP contribution in [-0.2, 0) is 0 Å². The van der Waals surface area contributed by atoms with Gasteiger partial charge in [-0.15, -0.1) is 12.4 Å². The van der Waals surface area contributed by atoms with Crippen LogP contribution in [-0.4, -0.2) is 24.5 Å². The predicted molar refractivity (Wildman–Crippen MR) is 84.6 cm³/mol. The lowest BCUT2D eigenvalue weighted by Gasteiger charge is -2.38. The van der Waals surface area contributed by atoms with E-state index in [1.165, 1.54) is 18.4 Å². The maximum absolute atomic E-state index is 13.0. The summed E-state index contributed by atoms with van der Waals surface area (Å²) in [6, 6.07) is 7.41. The molecule has 1 aliphatic rings. The Hall–Kier alpha value is -0.640. The minimum absolute atomic E-state index is 0. The van der Waals surface area contributed by atoms with E-state index in [2.05, 4.69) is 11.8 Å². The highest BCUT2D eigenvalue weighted by Gasteiger charge is 2.25. The van der Waals surface area contributed by atoms with Crippen molar-refractivity contribution in [3.8, 4) is 0 Å². The summed E-state index contributed by atoms with van der Waals surface area (Å²) in [6.07, 6.45) is 4.74. The van der Waals surface area contributed by atoms with Crippen molar-refractivity contribution in [3.05, 3.63) is 35.6 Å². The van der Waals surface area contributed by atoms with Crippen molar-refractivity contribution in [2.24, 2.45) is 11.7 Å². The van der Waals surface area contributed by atoms with Crippen molar-refractivity contribution in [1.29, 1.82) is 0 Å². The molecule has 1 saturated heterocycles. The van der Waals surface area contributed by atoms with Gasteiger partial charge >= 0.3 is 0 Å². The fourth-order valence-electron chi connectivity index (χ4n) is 3.24. The number of nitrogens with two attached hydrogens (primary N) is 1. The molecule has 1 fully saturated rings. The number of nitrogens with zero attached hydrogens (tertiary/aromatic N) is 1. The molecular weight excluding hydrogens is 275 g/mol. The number of piperidine rings is 1. The first-order valence-corrected chi connectivity index (χ1v) is 7.44. The van der Waals surface area contributed by atoms with Crippen LogP contribution in [0.5, 0.6) is 0 Å².